The van der Waals surface area contributed by atoms with Crippen molar-refractivity contribution in [1.29, 1.82) is 0 Å². The fraction of sp³-hybridized carbons (Fsp3) is 0.625. The van der Waals surface area contributed by atoms with Gasteiger partial charge in [0.1, 0.15) is 0 Å². The van der Waals surface area contributed by atoms with E-state index < -0.39 is 0 Å². The maximum Gasteiger partial charge on any atom is 0.0389 e. The van der Waals surface area contributed by atoms with Crippen LogP contribution in [0.15, 0.2) is 18.2 Å². The predicted molar refractivity (Wildman–Crippen MR) is 82.9 cm³/mol. The first-order valence-electron chi connectivity index (χ1n) is 7.33. The van der Waals surface area contributed by atoms with E-state index in [1.165, 1.54) is 16.9 Å². The molecule has 0 heterocycles. The van der Waals surface area contributed by atoms with Crippen molar-refractivity contribution in [3.05, 3.63) is 23.8 Å². The molecular formula is C16H28N2. The van der Waals surface area contributed by atoms with Crippen LogP contribution in [0.3, 0.4) is 0 Å². The Morgan fingerprint density at radius 2 is 1.06 bits per heavy atom. The molecule has 0 unspecified atom stereocenters. The monoisotopic (exact) mass is 248 g/mol. The van der Waals surface area contributed by atoms with Crippen LogP contribution in [0.25, 0.3) is 0 Å². The SMILES string of the molecule is CCc1cc(N(CC)CC)cc(N(CC)CC)c1. The van der Waals surface area contributed by atoms with E-state index in [9.17, 15) is 0 Å². The average molecular weight is 248 g/mol. The second kappa shape index (κ2) is 7.30. The first-order valence-corrected chi connectivity index (χ1v) is 7.33. The van der Waals surface area contributed by atoms with Crippen molar-refractivity contribution < 1.29 is 0 Å². The quantitative estimate of drug-likeness (QED) is 0.721. The molecule has 0 aromatic heterocycles. The molecule has 18 heavy (non-hydrogen) atoms. The van der Waals surface area contributed by atoms with Crippen molar-refractivity contribution >= 4 is 11.4 Å². The van der Waals surface area contributed by atoms with Crippen molar-refractivity contribution in [2.24, 2.45) is 0 Å². The molecule has 0 saturated heterocycles. The van der Waals surface area contributed by atoms with Crippen molar-refractivity contribution in [3.63, 3.8) is 0 Å². The third kappa shape index (κ3) is 3.41. The highest BCUT2D eigenvalue weighted by Gasteiger charge is 2.08. The minimum atomic E-state index is 1.07. The Labute approximate surface area is 113 Å². The minimum Gasteiger partial charge on any atom is -0.372 e. The zero-order chi connectivity index (χ0) is 13.5. The molecular weight excluding hydrogens is 220 g/mol. The largest absolute Gasteiger partial charge is 0.372 e. The number of anilines is 2. The van der Waals surface area contributed by atoms with Crippen LogP contribution in [0.5, 0.6) is 0 Å². The molecule has 0 amide bonds. The number of hydrogen-bond donors (Lipinski definition) is 0. The van der Waals surface area contributed by atoms with Crippen LogP contribution in [0.1, 0.15) is 40.2 Å². The topological polar surface area (TPSA) is 6.48 Å². The first kappa shape index (κ1) is 14.9. The van der Waals surface area contributed by atoms with Gasteiger partial charge in [-0.15, -0.1) is 0 Å². The van der Waals surface area contributed by atoms with Gasteiger partial charge in [0.2, 0.25) is 0 Å². The summed E-state index contributed by atoms with van der Waals surface area (Å²) >= 11 is 0. The minimum absolute atomic E-state index is 1.07. The molecule has 2 heteroatoms. The summed E-state index contributed by atoms with van der Waals surface area (Å²) in [6, 6.07) is 7.00. The molecule has 0 aliphatic heterocycles. The van der Waals surface area contributed by atoms with Crippen molar-refractivity contribution in [2.45, 2.75) is 41.0 Å². The van der Waals surface area contributed by atoms with E-state index in [1.54, 1.807) is 0 Å². The molecule has 102 valence electrons. The molecule has 0 bridgehead atoms. The average Bonchev–Trinajstić information content (AvgIpc) is 2.41. The van der Waals surface area contributed by atoms with Crippen molar-refractivity contribution in [2.75, 3.05) is 36.0 Å². The lowest BCUT2D eigenvalue weighted by Crippen LogP contribution is -2.25. The van der Waals surface area contributed by atoms with Gasteiger partial charge in [-0.05, 0) is 57.9 Å². The molecule has 0 N–H and O–H groups in total. The Bertz CT molecular complexity index is 322. The van der Waals surface area contributed by atoms with E-state index in [0.717, 1.165) is 32.6 Å². The van der Waals surface area contributed by atoms with E-state index in [4.69, 9.17) is 0 Å². The van der Waals surface area contributed by atoms with Gasteiger partial charge in [-0.25, -0.2) is 0 Å². The van der Waals surface area contributed by atoms with Crippen molar-refractivity contribution in [1.82, 2.24) is 0 Å². The van der Waals surface area contributed by atoms with Gasteiger partial charge in [-0.2, -0.15) is 0 Å². The van der Waals surface area contributed by atoms with Gasteiger partial charge in [0.15, 0.2) is 0 Å². The Morgan fingerprint density at radius 3 is 1.33 bits per heavy atom. The first-order chi connectivity index (χ1) is 8.69. The zero-order valence-corrected chi connectivity index (χ0v) is 12.7. The van der Waals surface area contributed by atoms with Crippen molar-refractivity contribution in [3.8, 4) is 0 Å². The van der Waals surface area contributed by atoms with Crippen LogP contribution in [-0.2, 0) is 6.42 Å². The number of nitrogens with zero attached hydrogens (tertiary/aromatic N) is 2. The fourth-order valence-corrected chi connectivity index (χ4v) is 2.40. The van der Waals surface area contributed by atoms with Gasteiger partial charge in [-0.3, -0.25) is 0 Å². The molecule has 1 rings (SSSR count). The maximum atomic E-state index is 2.42. The van der Waals surface area contributed by atoms with Gasteiger partial charge in [0.05, 0.1) is 0 Å². The Kier molecular flexibility index (Phi) is 6.03. The summed E-state index contributed by atoms with van der Waals surface area (Å²) in [7, 11) is 0. The Balaban J connectivity index is 3.15. The Morgan fingerprint density at radius 1 is 0.667 bits per heavy atom. The molecule has 0 atom stereocenters. The third-order valence-electron chi connectivity index (χ3n) is 3.63. The van der Waals surface area contributed by atoms with E-state index in [2.05, 4.69) is 62.6 Å². The lowest BCUT2D eigenvalue weighted by molar-refractivity contribution is 0.848. The van der Waals surface area contributed by atoms with Gasteiger partial charge < -0.3 is 9.80 Å². The molecule has 1 aromatic rings. The lowest BCUT2D eigenvalue weighted by Gasteiger charge is -2.27. The Hall–Kier alpha value is -1.18. The second-order valence-corrected chi connectivity index (χ2v) is 4.56. The van der Waals surface area contributed by atoms with Gasteiger partial charge >= 0.3 is 0 Å². The third-order valence-corrected chi connectivity index (χ3v) is 3.63. The molecule has 0 aliphatic carbocycles. The van der Waals surface area contributed by atoms with Gasteiger partial charge in [0.25, 0.3) is 0 Å². The lowest BCUT2D eigenvalue weighted by atomic mass is 10.1. The van der Waals surface area contributed by atoms with Crippen LogP contribution in [0.4, 0.5) is 11.4 Å². The highest BCUT2D eigenvalue weighted by molar-refractivity contribution is 5.61. The number of hydrogen-bond acceptors (Lipinski definition) is 2. The number of benzene rings is 1. The highest BCUT2D eigenvalue weighted by atomic mass is 15.1. The summed E-state index contributed by atoms with van der Waals surface area (Å²) < 4.78 is 0. The maximum absolute atomic E-state index is 2.42. The highest BCUT2D eigenvalue weighted by Crippen LogP contribution is 2.25. The number of aryl methyl sites for hydroxylation is 1. The van der Waals surface area contributed by atoms with Crippen LogP contribution >= 0.6 is 0 Å². The van der Waals surface area contributed by atoms with Crippen LogP contribution in [0.2, 0.25) is 0 Å². The molecule has 0 spiro atoms. The summed E-state index contributed by atoms with van der Waals surface area (Å²) in [5.74, 6) is 0. The summed E-state index contributed by atoms with van der Waals surface area (Å²) in [4.78, 5) is 4.85. The fourth-order valence-electron chi connectivity index (χ4n) is 2.40. The molecule has 0 radical (unpaired) electrons. The van der Waals surface area contributed by atoms with E-state index in [-0.39, 0.29) is 0 Å². The van der Waals surface area contributed by atoms with E-state index in [1.807, 2.05) is 0 Å². The van der Waals surface area contributed by atoms with Crippen LogP contribution in [-0.4, -0.2) is 26.2 Å². The summed E-state index contributed by atoms with van der Waals surface area (Å²) in [5, 5.41) is 0. The molecule has 0 aliphatic rings. The smallest absolute Gasteiger partial charge is 0.0389 e. The molecule has 0 fully saturated rings. The van der Waals surface area contributed by atoms with E-state index in [0.29, 0.717) is 0 Å². The summed E-state index contributed by atoms with van der Waals surface area (Å²) in [6.45, 7) is 15.4. The normalized spacial score (nSPS) is 10.5. The summed E-state index contributed by atoms with van der Waals surface area (Å²) in [6.07, 6.45) is 1.10. The van der Waals surface area contributed by atoms with Gasteiger partial charge in [0, 0.05) is 37.6 Å². The molecule has 0 saturated carbocycles. The van der Waals surface area contributed by atoms with Crippen LogP contribution in [0, 0.1) is 0 Å². The summed E-state index contributed by atoms with van der Waals surface area (Å²) in [5.41, 5.74) is 4.16. The molecule has 1 aromatic carbocycles. The van der Waals surface area contributed by atoms with Gasteiger partial charge in [-0.1, -0.05) is 6.92 Å². The zero-order valence-electron chi connectivity index (χ0n) is 12.7. The number of rotatable bonds is 7. The second-order valence-electron chi connectivity index (χ2n) is 4.56. The van der Waals surface area contributed by atoms with E-state index >= 15 is 0 Å². The molecule has 2 nitrogen and oxygen atoms in total. The van der Waals surface area contributed by atoms with Crippen LogP contribution < -0.4 is 9.80 Å². The standard InChI is InChI=1S/C16H28N2/c1-6-14-11-15(17(7-2)8-3)13-16(12-14)18(9-4)10-5/h11-13H,6-10H2,1-5H3. The predicted octanol–water partition coefficient (Wildman–Crippen LogP) is 3.94.